The topological polar surface area (TPSA) is 26.3 Å². The van der Waals surface area contributed by atoms with Gasteiger partial charge >= 0.3 is 5.97 Å². The molecule has 2 nitrogen and oxygen atoms in total. The first-order valence-electron chi connectivity index (χ1n) is 5.51. The maximum Gasteiger partial charge on any atom is 0.338 e. The van der Waals surface area contributed by atoms with E-state index in [0.29, 0.717) is 12.2 Å². The summed E-state index contributed by atoms with van der Waals surface area (Å²) >= 11 is 3.41. The molecule has 1 aromatic carbocycles. The van der Waals surface area contributed by atoms with Crippen LogP contribution in [0, 0.1) is 6.92 Å². The fraction of sp³-hybridized carbons (Fsp3) is 0.462. The zero-order valence-electron chi connectivity index (χ0n) is 9.75. The monoisotopic (exact) mass is 284 g/mol. The lowest BCUT2D eigenvalue weighted by molar-refractivity contribution is 0.0526. The van der Waals surface area contributed by atoms with Crippen LogP contribution in [0.3, 0.4) is 0 Å². The Kier molecular flexibility index (Phi) is 5.53. The molecule has 0 aliphatic carbocycles. The summed E-state index contributed by atoms with van der Waals surface area (Å²) < 4.78 is 4.99. The molecule has 0 saturated carbocycles. The van der Waals surface area contributed by atoms with E-state index in [2.05, 4.69) is 22.0 Å². The van der Waals surface area contributed by atoms with Gasteiger partial charge in [0, 0.05) is 5.33 Å². The number of rotatable bonds is 5. The van der Waals surface area contributed by atoms with E-state index in [1.54, 1.807) is 0 Å². The minimum Gasteiger partial charge on any atom is -0.462 e. The molecule has 0 aliphatic rings. The summed E-state index contributed by atoms with van der Waals surface area (Å²) in [6.45, 7) is 4.24. The number of hydrogen-bond acceptors (Lipinski definition) is 2. The third-order valence-corrected chi connectivity index (χ3v) is 2.81. The molecule has 0 fully saturated rings. The van der Waals surface area contributed by atoms with Gasteiger partial charge in [-0.05, 0) is 44.4 Å². The maximum absolute atomic E-state index is 11.6. The Morgan fingerprint density at radius 1 is 1.38 bits per heavy atom. The van der Waals surface area contributed by atoms with Crippen molar-refractivity contribution in [1.82, 2.24) is 0 Å². The number of halogens is 1. The fourth-order valence-corrected chi connectivity index (χ4v) is 1.89. The van der Waals surface area contributed by atoms with Gasteiger partial charge in [-0.1, -0.05) is 27.6 Å². The van der Waals surface area contributed by atoms with Gasteiger partial charge in [-0.25, -0.2) is 4.79 Å². The first kappa shape index (κ1) is 13.2. The molecular weight excluding hydrogens is 268 g/mol. The van der Waals surface area contributed by atoms with Crippen LogP contribution in [0.4, 0.5) is 0 Å². The second kappa shape index (κ2) is 6.69. The third-order valence-electron chi connectivity index (χ3n) is 2.25. The number of ether oxygens (including phenoxy) is 1. The Hall–Kier alpha value is -0.830. The molecule has 0 amide bonds. The Labute approximate surface area is 105 Å². The summed E-state index contributed by atoms with van der Waals surface area (Å²) in [6, 6.07) is 5.91. The van der Waals surface area contributed by atoms with Crippen LogP contribution in [0.1, 0.15) is 34.8 Å². The molecule has 88 valence electrons. The van der Waals surface area contributed by atoms with E-state index >= 15 is 0 Å². The zero-order valence-corrected chi connectivity index (χ0v) is 11.3. The first-order chi connectivity index (χ1) is 7.67. The largest absolute Gasteiger partial charge is 0.462 e. The molecule has 1 rings (SSSR count). The highest BCUT2D eigenvalue weighted by Gasteiger charge is 2.08. The maximum atomic E-state index is 11.6. The van der Waals surface area contributed by atoms with Gasteiger partial charge in [0.1, 0.15) is 0 Å². The lowest BCUT2D eigenvalue weighted by Gasteiger charge is -2.06. The van der Waals surface area contributed by atoms with Gasteiger partial charge in [-0.2, -0.15) is 0 Å². The highest BCUT2D eigenvalue weighted by Crippen LogP contribution is 2.13. The molecule has 0 unspecified atom stereocenters. The van der Waals surface area contributed by atoms with Gasteiger partial charge in [0.15, 0.2) is 0 Å². The second-order valence-electron chi connectivity index (χ2n) is 3.72. The minimum atomic E-state index is -0.230. The summed E-state index contributed by atoms with van der Waals surface area (Å²) in [5.41, 5.74) is 2.96. The van der Waals surface area contributed by atoms with Crippen molar-refractivity contribution in [3.63, 3.8) is 0 Å². The quantitative estimate of drug-likeness (QED) is 0.611. The highest BCUT2D eigenvalue weighted by atomic mass is 79.9. The Balaban J connectivity index is 2.84. The van der Waals surface area contributed by atoms with Crippen molar-refractivity contribution in [3.05, 3.63) is 34.9 Å². The number of carbonyl (C=O) groups excluding carboxylic acids is 1. The molecule has 0 atom stereocenters. The molecule has 1 aromatic rings. The van der Waals surface area contributed by atoms with E-state index in [9.17, 15) is 4.79 Å². The molecular formula is C13H17BrO2. The van der Waals surface area contributed by atoms with E-state index < -0.39 is 0 Å². The van der Waals surface area contributed by atoms with Crippen LogP contribution < -0.4 is 0 Å². The third kappa shape index (κ3) is 3.97. The molecule has 0 N–H and O–H groups in total. The van der Waals surface area contributed by atoms with Gasteiger partial charge in [0.25, 0.3) is 0 Å². The second-order valence-corrected chi connectivity index (χ2v) is 4.51. The Morgan fingerprint density at radius 3 is 2.75 bits per heavy atom. The van der Waals surface area contributed by atoms with E-state index in [1.807, 2.05) is 26.0 Å². The average molecular weight is 285 g/mol. The molecule has 0 saturated heterocycles. The fourth-order valence-electron chi connectivity index (χ4n) is 1.61. The number of aryl methyl sites for hydroxylation is 2. The van der Waals surface area contributed by atoms with Crippen molar-refractivity contribution in [2.75, 3.05) is 11.9 Å². The molecule has 0 bridgehead atoms. The number of hydrogen-bond donors (Lipinski definition) is 0. The number of esters is 1. The van der Waals surface area contributed by atoms with Crippen molar-refractivity contribution >= 4 is 21.9 Å². The smallest absolute Gasteiger partial charge is 0.338 e. The van der Waals surface area contributed by atoms with Crippen LogP contribution in [0.2, 0.25) is 0 Å². The average Bonchev–Trinajstić information content (AvgIpc) is 2.26. The minimum absolute atomic E-state index is 0.230. The molecule has 0 radical (unpaired) electrons. The zero-order chi connectivity index (χ0) is 12.0. The van der Waals surface area contributed by atoms with E-state index in [0.717, 1.165) is 23.7 Å². The standard InChI is InChI=1S/C13H17BrO2/c1-3-16-13(15)12-8-10(2)7-11(9-12)5-4-6-14/h7-9H,3-6H2,1-2H3. The van der Waals surface area contributed by atoms with Crippen molar-refractivity contribution in [2.45, 2.75) is 26.7 Å². The molecule has 16 heavy (non-hydrogen) atoms. The summed E-state index contributed by atoms with van der Waals surface area (Å²) in [7, 11) is 0. The van der Waals surface area contributed by atoms with Gasteiger partial charge < -0.3 is 4.74 Å². The van der Waals surface area contributed by atoms with Gasteiger partial charge in [-0.15, -0.1) is 0 Å². The summed E-state index contributed by atoms with van der Waals surface area (Å²) in [5, 5.41) is 0.982. The highest BCUT2D eigenvalue weighted by molar-refractivity contribution is 9.09. The van der Waals surface area contributed by atoms with Gasteiger partial charge in [-0.3, -0.25) is 0 Å². The van der Waals surface area contributed by atoms with Crippen molar-refractivity contribution in [3.8, 4) is 0 Å². The van der Waals surface area contributed by atoms with Crippen LogP contribution in [0.15, 0.2) is 18.2 Å². The van der Waals surface area contributed by atoms with Crippen LogP contribution in [-0.4, -0.2) is 17.9 Å². The molecule has 0 aliphatic heterocycles. The normalized spacial score (nSPS) is 10.2. The van der Waals surface area contributed by atoms with Gasteiger partial charge in [0.05, 0.1) is 12.2 Å². The predicted octanol–water partition coefficient (Wildman–Crippen LogP) is 3.50. The Bertz CT molecular complexity index is 361. The van der Waals surface area contributed by atoms with E-state index in [1.165, 1.54) is 5.56 Å². The lowest BCUT2D eigenvalue weighted by atomic mass is 10.0. The summed E-state index contributed by atoms with van der Waals surface area (Å²) in [4.78, 5) is 11.6. The van der Waals surface area contributed by atoms with Crippen LogP contribution >= 0.6 is 15.9 Å². The van der Waals surface area contributed by atoms with E-state index in [4.69, 9.17) is 4.74 Å². The molecule has 0 heterocycles. The van der Waals surface area contributed by atoms with Crippen molar-refractivity contribution in [1.29, 1.82) is 0 Å². The SMILES string of the molecule is CCOC(=O)c1cc(C)cc(CCCBr)c1. The first-order valence-corrected chi connectivity index (χ1v) is 6.63. The number of alkyl halides is 1. The van der Waals surface area contributed by atoms with E-state index in [-0.39, 0.29) is 5.97 Å². The van der Waals surface area contributed by atoms with Crippen molar-refractivity contribution in [2.24, 2.45) is 0 Å². The summed E-state index contributed by atoms with van der Waals surface area (Å²) in [6.07, 6.45) is 2.06. The van der Waals surface area contributed by atoms with Crippen LogP contribution in [-0.2, 0) is 11.2 Å². The van der Waals surface area contributed by atoms with Gasteiger partial charge in [0.2, 0.25) is 0 Å². The van der Waals surface area contributed by atoms with Crippen LogP contribution in [0.25, 0.3) is 0 Å². The molecule has 0 aromatic heterocycles. The Morgan fingerprint density at radius 2 is 2.12 bits per heavy atom. The number of carbonyl (C=O) groups is 1. The number of benzene rings is 1. The predicted molar refractivity (Wildman–Crippen MR) is 69.3 cm³/mol. The summed E-state index contributed by atoms with van der Waals surface area (Å²) in [5.74, 6) is -0.230. The van der Waals surface area contributed by atoms with Crippen molar-refractivity contribution < 1.29 is 9.53 Å². The van der Waals surface area contributed by atoms with Crippen LogP contribution in [0.5, 0.6) is 0 Å². The molecule has 3 heteroatoms. The lowest BCUT2D eigenvalue weighted by Crippen LogP contribution is -2.05. The molecule has 0 spiro atoms.